The first-order chi connectivity index (χ1) is 13.6. The van der Waals surface area contributed by atoms with E-state index in [1.165, 1.54) is 0 Å². The number of nitrogens with one attached hydrogen (secondary N) is 1. The highest BCUT2D eigenvalue weighted by Gasteiger charge is 2.24. The Balaban J connectivity index is 1.60. The molecule has 0 aromatic heterocycles. The Hall–Kier alpha value is -3.11. The Morgan fingerprint density at radius 1 is 0.821 bits per heavy atom. The van der Waals surface area contributed by atoms with Gasteiger partial charge in [-0.05, 0) is 28.8 Å². The molecule has 0 radical (unpaired) electrons. The van der Waals surface area contributed by atoms with Gasteiger partial charge in [0.2, 0.25) is 0 Å². The molecule has 0 aliphatic heterocycles. The number of carbonyl (C=O) groups excluding carboxylic acids is 2. The van der Waals surface area contributed by atoms with Crippen LogP contribution in [0.25, 0.3) is 0 Å². The number of esters is 1. The highest BCUT2D eigenvalue weighted by atomic mass is 35.5. The van der Waals surface area contributed by atoms with Crippen LogP contribution < -0.4 is 5.32 Å². The fourth-order valence-electron chi connectivity index (χ4n) is 2.83. The molecule has 28 heavy (non-hydrogen) atoms. The average molecular weight is 394 g/mol. The Bertz CT molecular complexity index is 872. The van der Waals surface area contributed by atoms with Gasteiger partial charge in [0.1, 0.15) is 5.92 Å². The molecule has 5 heteroatoms. The molecule has 1 N–H and O–H groups in total. The summed E-state index contributed by atoms with van der Waals surface area (Å²) in [6.45, 7) is 0.0109. The molecule has 3 rings (SSSR count). The van der Waals surface area contributed by atoms with Crippen molar-refractivity contribution in [2.24, 2.45) is 0 Å². The second-order valence-corrected chi connectivity index (χ2v) is 6.70. The SMILES string of the molecule is O=C(COC(=O)C(c1ccccc1)c1ccccc1)NCc1ccc(Cl)cc1. The van der Waals surface area contributed by atoms with Crippen LogP contribution in [0.3, 0.4) is 0 Å². The van der Waals surface area contributed by atoms with Crippen LogP contribution in [0.1, 0.15) is 22.6 Å². The third kappa shape index (κ3) is 5.44. The van der Waals surface area contributed by atoms with E-state index >= 15 is 0 Å². The average Bonchev–Trinajstić information content (AvgIpc) is 2.73. The van der Waals surface area contributed by atoms with Gasteiger partial charge >= 0.3 is 5.97 Å². The molecule has 0 bridgehead atoms. The van der Waals surface area contributed by atoms with Gasteiger partial charge in [0, 0.05) is 11.6 Å². The molecule has 0 saturated carbocycles. The molecule has 0 saturated heterocycles. The number of ether oxygens (including phenoxy) is 1. The van der Waals surface area contributed by atoms with Gasteiger partial charge in [0.25, 0.3) is 5.91 Å². The van der Waals surface area contributed by atoms with E-state index in [0.29, 0.717) is 11.6 Å². The van der Waals surface area contributed by atoms with Crippen molar-refractivity contribution in [3.8, 4) is 0 Å². The second kappa shape index (κ2) is 9.72. The van der Waals surface area contributed by atoms with Crippen LogP contribution in [0, 0.1) is 0 Å². The predicted octanol–water partition coefficient (Wildman–Crippen LogP) is 4.33. The van der Waals surface area contributed by atoms with E-state index in [1.54, 1.807) is 12.1 Å². The number of amides is 1. The van der Waals surface area contributed by atoms with Crippen molar-refractivity contribution < 1.29 is 14.3 Å². The third-order valence-electron chi connectivity index (χ3n) is 4.25. The lowest BCUT2D eigenvalue weighted by atomic mass is 9.91. The first-order valence-electron chi connectivity index (χ1n) is 8.91. The van der Waals surface area contributed by atoms with Crippen LogP contribution >= 0.6 is 11.6 Å². The lowest BCUT2D eigenvalue weighted by Crippen LogP contribution is -2.29. The van der Waals surface area contributed by atoms with E-state index in [-0.39, 0.29) is 12.5 Å². The quantitative estimate of drug-likeness (QED) is 0.608. The first kappa shape index (κ1) is 19.6. The molecule has 0 fully saturated rings. The molecule has 3 aromatic rings. The van der Waals surface area contributed by atoms with Crippen LogP contribution in [-0.4, -0.2) is 18.5 Å². The van der Waals surface area contributed by atoms with Crippen molar-refractivity contribution in [1.29, 1.82) is 0 Å². The fraction of sp³-hybridized carbons (Fsp3) is 0.130. The van der Waals surface area contributed by atoms with Crippen LogP contribution in [0.4, 0.5) is 0 Å². The summed E-state index contributed by atoms with van der Waals surface area (Å²) >= 11 is 5.84. The molecule has 0 atom stereocenters. The number of halogens is 1. The van der Waals surface area contributed by atoms with Crippen LogP contribution in [0.2, 0.25) is 5.02 Å². The van der Waals surface area contributed by atoms with E-state index in [9.17, 15) is 9.59 Å². The lowest BCUT2D eigenvalue weighted by Gasteiger charge is -2.17. The van der Waals surface area contributed by atoms with E-state index in [2.05, 4.69) is 5.32 Å². The summed E-state index contributed by atoms with van der Waals surface area (Å²) in [5.41, 5.74) is 2.55. The van der Waals surface area contributed by atoms with Crippen LogP contribution in [-0.2, 0) is 20.9 Å². The smallest absolute Gasteiger partial charge is 0.318 e. The maximum absolute atomic E-state index is 12.7. The largest absolute Gasteiger partial charge is 0.455 e. The molecule has 0 unspecified atom stereocenters. The van der Waals surface area contributed by atoms with Crippen molar-refractivity contribution in [3.63, 3.8) is 0 Å². The van der Waals surface area contributed by atoms with Gasteiger partial charge < -0.3 is 10.1 Å². The number of carbonyl (C=O) groups is 2. The van der Waals surface area contributed by atoms with Gasteiger partial charge in [-0.2, -0.15) is 0 Å². The summed E-state index contributed by atoms with van der Waals surface area (Å²) in [6, 6.07) is 25.9. The number of rotatable bonds is 7. The predicted molar refractivity (Wildman–Crippen MR) is 109 cm³/mol. The lowest BCUT2D eigenvalue weighted by molar-refractivity contribution is -0.149. The van der Waals surface area contributed by atoms with Crippen LogP contribution in [0.15, 0.2) is 84.9 Å². The molecule has 3 aromatic carbocycles. The second-order valence-electron chi connectivity index (χ2n) is 6.27. The summed E-state index contributed by atoms with van der Waals surface area (Å²) in [5.74, 6) is -1.39. The van der Waals surface area contributed by atoms with Crippen molar-refractivity contribution >= 4 is 23.5 Å². The molecule has 4 nitrogen and oxygen atoms in total. The standard InChI is InChI=1S/C23H20ClNO3/c24-20-13-11-17(12-14-20)15-25-21(26)16-28-23(27)22(18-7-3-1-4-8-18)19-9-5-2-6-10-19/h1-14,22H,15-16H2,(H,25,26). The van der Waals surface area contributed by atoms with Gasteiger partial charge in [-0.15, -0.1) is 0 Å². The minimum atomic E-state index is -0.577. The topological polar surface area (TPSA) is 55.4 Å². The Kier molecular flexibility index (Phi) is 6.82. The molecule has 0 spiro atoms. The molecule has 142 valence electrons. The van der Waals surface area contributed by atoms with Gasteiger partial charge in [-0.3, -0.25) is 9.59 Å². The van der Waals surface area contributed by atoms with Crippen LogP contribution in [0.5, 0.6) is 0 Å². The van der Waals surface area contributed by atoms with E-state index < -0.39 is 11.9 Å². The Morgan fingerprint density at radius 3 is 1.89 bits per heavy atom. The minimum Gasteiger partial charge on any atom is -0.455 e. The van der Waals surface area contributed by atoms with Crippen molar-refractivity contribution in [1.82, 2.24) is 5.32 Å². The molecule has 1 amide bonds. The highest BCUT2D eigenvalue weighted by molar-refractivity contribution is 6.30. The van der Waals surface area contributed by atoms with E-state index in [4.69, 9.17) is 16.3 Å². The Labute approximate surface area is 169 Å². The zero-order valence-electron chi connectivity index (χ0n) is 15.2. The monoisotopic (exact) mass is 393 g/mol. The van der Waals surface area contributed by atoms with Gasteiger partial charge in [-0.25, -0.2) is 0 Å². The molecule has 0 aliphatic carbocycles. The van der Waals surface area contributed by atoms with Crippen molar-refractivity contribution in [3.05, 3.63) is 107 Å². The van der Waals surface area contributed by atoms with Gasteiger partial charge in [-0.1, -0.05) is 84.4 Å². The van der Waals surface area contributed by atoms with Crippen molar-refractivity contribution in [2.75, 3.05) is 6.61 Å². The molecule has 0 aliphatic rings. The highest BCUT2D eigenvalue weighted by Crippen LogP contribution is 2.25. The van der Waals surface area contributed by atoms with Gasteiger partial charge in [0.05, 0.1) is 0 Å². The summed E-state index contributed by atoms with van der Waals surface area (Å²) in [7, 11) is 0. The summed E-state index contributed by atoms with van der Waals surface area (Å²) < 4.78 is 5.31. The Morgan fingerprint density at radius 2 is 1.36 bits per heavy atom. The van der Waals surface area contributed by atoms with E-state index in [1.807, 2.05) is 72.8 Å². The molecule has 0 heterocycles. The number of hydrogen-bond donors (Lipinski definition) is 1. The first-order valence-corrected chi connectivity index (χ1v) is 9.29. The molecular weight excluding hydrogens is 374 g/mol. The summed E-state index contributed by atoms with van der Waals surface area (Å²) in [5, 5.41) is 3.37. The fourth-order valence-corrected chi connectivity index (χ4v) is 2.96. The summed E-state index contributed by atoms with van der Waals surface area (Å²) in [4.78, 5) is 24.8. The van der Waals surface area contributed by atoms with Crippen molar-refractivity contribution in [2.45, 2.75) is 12.5 Å². The zero-order valence-corrected chi connectivity index (χ0v) is 15.9. The van der Waals surface area contributed by atoms with E-state index in [0.717, 1.165) is 16.7 Å². The number of benzene rings is 3. The van der Waals surface area contributed by atoms with Gasteiger partial charge in [0.15, 0.2) is 6.61 Å². The minimum absolute atomic E-state index is 0.331. The maximum Gasteiger partial charge on any atom is 0.318 e. The maximum atomic E-state index is 12.7. The third-order valence-corrected chi connectivity index (χ3v) is 4.50. The summed E-state index contributed by atoms with van der Waals surface area (Å²) in [6.07, 6.45) is 0. The zero-order chi connectivity index (χ0) is 19.8. The normalized spacial score (nSPS) is 10.5. The number of hydrogen-bond acceptors (Lipinski definition) is 3. The molecular formula is C23H20ClNO3.